The number of ether oxygens (including phenoxy) is 1. The monoisotopic (exact) mass is 316 g/mol. The van der Waals surface area contributed by atoms with Gasteiger partial charge in [-0.1, -0.05) is 17.2 Å². The van der Waals surface area contributed by atoms with E-state index in [2.05, 4.69) is 6.07 Å². The number of aryl methyl sites for hydroxylation is 2. The second-order valence-electron chi connectivity index (χ2n) is 6.86. The average Bonchev–Trinajstić information content (AvgIpc) is 3.06. The largest absolute Gasteiger partial charge is 0.375 e. The van der Waals surface area contributed by atoms with Gasteiger partial charge in [0.25, 0.3) is 5.91 Å². The molecular weight excluding hydrogens is 292 g/mol. The van der Waals surface area contributed by atoms with Crippen molar-refractivity contribution in [1.29, 1.82) is 0 Å². The van der Waals surface area contributed by atoms with Gasteiger partial charge in [-0.3, -0.25) is 9.59 Å². The molecule has 3 rings (SSSR count). The van der Waals surface area contributed by atoms with E-state index in [1.165, 1.54) is 0 Å². The molecule has 0 saturated carbocycles. The Morgan fingerprint density at radius 2 is 1.83 bits per heavy atom. The zero-order valence-corrected chi connectivity index (χ0v) is 14.2. The molecule has 2 aliphatic heterocycles. The van der Waals surface area contributed by atoms with Crippen LogP contribution in [0.4, 0.5) is 0 Å². The maximum absolute atomic E-state index is 13.0. The summed E-state index contributed by atoms with van der Waals surface area (Å²) in [5.41, 5.74) is 2.85. The highest BCUT2D eigenvalue weighted by Gasteiger charge is 2.50. The number of hydrogen-bond donors (Lipinski definition) is 0. The van der Waals surface area contributed by atoms with Gasteiger partial charge in [-0.2, -0.15) is 0 Å². The summed E-state index contributed by atoms with van der Waals surface area (Å²) in [6, 6.07) is 5.90. The van der Waals surface area contributed by atoms with E-state index in [-0.39, 0.29) is 29.9 Å². The predicted molar refractivity (Wildman–Crippen MR) is 87.3 cm³/mol. The molecule has 2 saturated heterocycles. The van der Waals surface area contributed by atoms with Gasteiger partial charge in [0.1, 0.15) is 0 Å². The first-order valence-electron chi connectivity index (χ1n) is 8.10. The third-order valence-corrected chi connectivity index (χ3v) is 4.78. The number of nitrogens with zero attached hydrogens (tertiary/aromatic N) is 2. The molecule has 1 aromatic rings. The average molecular weight is 316 g/mol. The normalized spacial score (nSPS) is 26.3. The van der Waals surface area contributed by atoms with Crippen LogP contribution in [0.2, 0.25) is 0 Å². The van der Waals surface area contributed by atoms with Gasteiger partial charge in [0.15, 0.2) is 0 Å². The summed E-state index contributed by atoms with van der Waals surface area (Å²) in [5.74, 6) is -0.212. The standard InChI is InChI=1S/C18H24N2O3/c1-11-7-12(2)9-13(8-11)17(21)20-10-14(18(22)19(3)4)16-15(20)5-6-23-16/h7-9,14-16H,5-6,10H2,1-4H3/t14-,15+,16+/m0/s1. The zero-order chi connectivity index (χ0) is 16.7. The second kappa shape index (κ2) is 5.96. The Labute approximate surface area is 137 Å². The van der Waals surface area contributed by atoms with Gasteiger partial charge in [-0.15, -0.1) is 0 Å². The minimum Gasteiger partial charge on any atom is -0.375 e. The van der Waals surface area contributed by atoms with Crippen LogP contribution in [0.25, 0.3) is 0 Å². The number of carbonyl (C=O) groups is 2. The highest BCUT2D eigenvalue weighted by Crippen LogP contribution is 2.35. The smallest absolute Gasteiger partial charge is 0.254 e. The van der Waals surface area contributed by atoms with E-state index in [0.29, 0.717) is 18.7 Å². The molecule has 0 N–H and O–H groups in total. The first-order chi connectivity index (χ1) is 10.9. The molecule has 1 aromatic carbocycles. The lowest BCUT2D eigenvalue weighted by Gasteiger charge is -2.23. The maximum Gasteiger partial charge on any atom is 0.254 e. The molecule has 5 nitrogen and oxygen atoms in total. The predicted octanol–water partition coefficient (Wildman–Crippen LogP) is 1.62. The number of amides is 2. The lowest BCUT2D eigenvalue weighted by Crippen LogP contribution is -2.37. The Hall–Kier alpha value is -1.88. The highest BCUT2D eigenvalue weighted by atomic mass is 16.5. The number of carbonyl (C=O) groups excluding carboxylic acids is 2. The first-order valence-corrected chi connectivity index (χ1v) is 8.10. The Kier molecular flexibility index (Phi) is 4.15. The van der Waals surface area contributed by atoms with E-state index in [1.54, 1.807) is 19.0 Å². The minimum atomic E-state index is -0.257. The zero-order valence-electron chi connectivity index (χ0n) is 14.2. The number of fused-ring (bicyclic) bond motifs is 1. The van der Waals surface area contributed by atoms with E-state index < -0.39 is 0 Å². The van der Waals surface area contributed by atoms with Gasteiger partial charge >= 0.3 is 0 Å². The number of benzene rings is 1. The van der Waals surface area contributed by atoms with Crippen molar-refractivity contribution < 1.29 is 14.3 Å². The van der Waals surface area contributed by atoms with Crippen molar-refractivity contribution in [2.24, 2.45) is 5.92 Å². The van der Waals surface area contributed by atoms with Crippen molar-refractivity contribution in [2.45, 2.75) is 32.4 Å². The van der Waals surface area contributed by atoms with Crippen molar-refractivity contribution >= 4 is 11.8 Å². The number of hydrogen-bond acceptors (Lipinski definition) is 3. The molecule has 124 valence electrons. The van der Waals surface area contributed by atoms with Crippen molar-refractivity contribution in [2.75, 3.05) is 27.2 Å². The molecule has 2 aliphatic rings. The highest BCUT2D eigenvalue weighted by molar-refractivity contribution is 5.96. The van der Waals surface area contributed by atoms with Crippen LogP contribution in [0.5, 0.6) is 0 Å². The topological polar surface area (TPSA) is 49.9 Å². The molecule has 2 heterocycles. The summed E-state index contributed by atoms with van der Waals surface area (Å²) < 4.78 is 5.78. The maximum atomic E-state index is 13.0. The van der Waals surface area contributed by atoms with Gasteiger partial charge < -0.3 is 14.5 Å². The molecule has 0 unspecified atom stereocenters. The Bertz CT molecular complexity index is 621. The first kappa shape index (κ1) is 16.0. The van der Waals surface area contributed by atoms with Gasteiger partial charge in [-0.25, -0.2) is 0 Å². The van der Waals surface area contributed by atoms with Crippen molar-refractivity contribution in [3.8, 4) is 0 Å². The van der Waals surface area contributed by atoms with E-state index in [9.17, 15) is 9.59 Å². The summed E-state index contributed by atoms with van der Waals surface area (Å²) in [5, 5.41) is 0. The molecule has 5 heteroatoms. The molecule has 0 aromatic heterocycles. The third kappa shape index (κ3) is 2.85. The quantitative estimate of drug-likeness (QED) is 0.833. The van der Waals surface area contributed by atoms with Crippen molar-refractivity contribution in [3.05, 3.63) is 34.9 Å². The summed E-state index contributed by atoms with van der Waals surface area (Å²) in [7, 11) is 3.50. The van der Waals surface area contributed by atoms with Gasteiger partial charge in [0, 0.05) is 32.8 Å². The summed E-state index contributed by atoms with van der Waals surface area (Å²) in [6.07, 6.45) is 0.637. The van der Waals surface area contributed by atoms with Crippen LogP contribution in [-0.2, 0) is 9.53 Å². The summed E-state index contributed by atoms with van der Waals surface area (Å²) in [4.78, 5) is 28.8. The summed E-state index contributed by atoms with van der Waals surface area (Å²) >= 11 is 0. The van der Waals surface area contributed by atoms with Crippen LogP contribution in [0.3, 0.4) is 0 Å². The molecule has 3 atom stereocenters. The van der Waals surface area contributed by atoms with E-state index in [1.807, 2.05) is 30.9 Å². The lowest BCUT2D eigenvalue weighted by molar-refractivity contribution is -0.135. The molecule has 23 heavy (non-hydrogen) atoms. The van der Waals surface area contributed by atoms with Crippen LogP contribution >= 0.6 is 0 Å². The molecule has 0 bridgehead atoms. The Morgan fingerprint density at radius 3 is 2.43 bits per heavy atom. The Morgan fingerprint density at radius 1 is 1.17 bits per heavy atom. The fourth-order valence-corrected chi connectivity index (χ4v) is 3.82. The number of likely N-dealkylation sites (tertiary alicyclic amines) is 1. The lowest BCUT2D eigenvalue weighted by atomic mass is 10.0. The number of rotatable bonds is 2. The van der Waals surface area contributed by atoms with Gasteiger partial charge in [0.2, 0.25) is 5.91 Å². The molecule has 0 aliphatic carbocycles. The van der Waals surface area contributed by atoms with E-state index >= 15 is 0 Å². The molecule has 2 amide bonds. The third-order valence-electron chi connectivity index (χ3n) is 4.78. The van der Waals surface area contributed by atoms with Crippen molar-refractivity contribution in [1.82, 2.24) is 9.80 Å². The molecule has 2 fully saturated rings. The minimum absolute atomic E-state index is 0.00589. The summed E-state index contributed by atoms with van der Waals surface area (Å²) in [6.45, 7) is 5.04. The SMILES string of the molecule is Cc1cc(C)cc(C(=O)N2C[C@H](C(=O)N(C)C)[C@H]3OCC[C@H]32)c1. The van der Waals surface area contributed by atoms with Crippen molar-refractivity contribution in [3.63, 3.8) is 0 Å². The van der Waals surface area contributed by atoms with Crippen LogP contribution < -0.4 is 0 Å². The molecular formula is C18H24N2O3. The fraction of sp³-hybridized carbons (Fsp3) is 0.556. The van der Waals surface area contributed by atoms with Crippen LogP contribution in [0, 0.1) is 19.8 Å². The van der Waals surface area contributed by atoms with E-state index in [0.717, 1.165) is 17.5 Å². The molecule has 0 radical (unpaired) electrons. The molecule has 0 spiro atoms. The second-order valence-corrected chi connectivity index (χ2v) is 6.86. The van der Waals surface area contributed by atoms with Gasteiger partial charge in [-0.05, 0) is 32.4 Å². The van der Waals surface area contributed by atoms with Crippen LogP contribution in [0.15, 0.2) is 18.2 Å². The van der Waals surface area contributed by atoms with E-state index in [4.69, 9.17) is 4.74 Å². The van der Waals surface area contributed by atoms with Gasteiger partial charge in [0.05, 0.1) is 18.1 Å². The Balaban J connectivity index is 1.87. The fourth-order valence-electron chi connectivity index (χ4n) is 3.82. The van der Waals surface area contributed by atoms with Crippen LogP contribution in [0.1, 0.15) is 27.9 Å². The van der Waals surface area contributed by atoms with Crippen LogP contribution in [-0.4, -0.2) is 61.0 Å².